The van der Waals surface area contributed by atoms with Gasteiger partial charge in [-0.25, -0.2) is 0 Å². The Kier molecular flexibility index (Phi) is 6.50. The molecule has 1 N–H and O–H groups in total. The molecule has 3 nitrogen and oxygen atoms in total. The first-order valence-electron chi connectivity index (χ1n) is 9.00. The van der Waals surface area contributed by atoms with E-state index in [1.807, 2.05) is 79.7 Å². The molecule has 1 atom stereocenters. The molecule has 0 saturated heterocycles. The van der Waals surface area contributed by atoms with Crippen molar-refractivity contribution in [2.24, 2.45) is 0 Å². The standard InChI is InChI=1S/C23H22ClNO2/c1-2-20(27-21-16-10-9-15-19(21)24)23(26)25-22(17-11-5-3-6-12-17)18-13-7-4-8-14-18/h3-16,20,22H,2H2,1H3,(H,25,26)/t20-/m1/s1. The van der Waals surface area contributed by atoms with Crippen molar-refractivity contribution in [3.05, 3.63) is 101 Å². The number of amides is 1. The highest BCUT2D eigenvalue weighted by molar-refractivity contribution is 6.32. The summed E-state index contributed by atoms with van der Waals surface area (Å²) in [6.07, 6.45) is -0.0901. The van der Waals surface area contributed by atoms with Crippen molar-refractivity contribution in [3.8, 4) is 5.75 Å². The molecule has 3 aromatic rings. The molecule has 0 aliphatic heterocycles. The number of ether oxygens (including phenoxy) is 1. The monoisotopic (exact) mass is 379 g/mol. The Hall–Kier alpha value is -2.78. The van der Waals surface area contributed by atoms with E-state index in [9.17, 15) is 4.79 Å². The lowest BCUT2D eigenvalue weighted by atomic mass is 9.98. The minimum atomic E-state index is -0.625. The van der Waals surface area contributed by atoms with Gasteiger partial charge in [0.1, 0.15) is 5.75 Å². The Morgan fingerprint density at radius 3 is 1.93 bits per heavy atom. The summed E-state index contributed by atoms with van der Waals surface area (Å²) >= 11 is 6.17. The second-order valence-electron chi connectivity index (χ2n) is 6.21. The maximum Gasteiger partial charge on any atom is 0.261 e. The van der Waals surface area contributed by atoms with Crippen LogP contribution in [0.5, 0.6) is 5.75 Å². The van der Waals surface area contributed by atoms with E-state index in [1.165, 1.54) is 0 Å². The summed E-state index contributed by atoms with van der Waals surface area (Å²) < 4.78 is 5.88. The molecule has 0 fully saturated rings. The van der Waals surface area contributed by atoms with Crippen LogP contribution >= 0.6 is 11.6 Å². The number of hydrogen-bond donors (Lipinski definition) is 1. The van der Waals surface area contributed by atoms with E-state index < -0.39 is 6.10 Å². The van der Waals surface area contributed by atoms with E-state index in [-0.39, 0.29) is 11.9 Å². The maximum absolute atomic E-state index is 13.0. The second kappa shape index (κ2) is 9.24. The fourth-order valence-electron chi connectivity index (χ4n) is 2.90. The minimum Gasteiger partial charge on any atom is -0.479 e. The average molecular weight is 380 g/mol. The van der Waals surface area contributed by atoms with Crippen LogP contribution in [0.3, 0.4) is 0 Å². The topological polar surface area (TPSA) is 38.3 Å². The molecule has 4 heteroatoms. The van der Waals surface area contributed by atoms with E-state index in [1.54, 1.807) is 12.1 Å². The van der Waals surface area contributed by atoms with Crippen molar-refractivity contribution in [3.63, 3.8) is 0 Å². The van der Waals surface area contributed by atoms with Crippen molar-refractivity contribution >= 4 is 17.5 Å². The molecule has 138 valence electrons. The Bertz CT molecular complexity index is 828. The van der Waals surface area contributed by atoms with Crippen molar-refractivity contribution in [1.29, 1.82) is 0 Å². The average Bonchev–Trinajstić information content (AvgIpc) is 2.72. The number of rotatable bonds is 7. The van der Waals surface area contributed by atoms with Gasteiger partial charge in [0.15, 0.2) is 6.10 Å². The summed E-state index contributed by atoms with van der Waals surface area (Å²) in [5.74, 6) is 0.340. The first-order chi connectivity index (χ1) is 13.2. The van der Waals surface area contributed by atoms with Crippen LogP contribution in [-0.2, 0) is 4.79 Å². The van der Waals surface area contributed by atoms with Crippen molar-refractivity contribution in [1.82, 2.24) is 5.32 Å². The first kappa shape index (κ1) is 19.0. The zero-order valence-electron chi connectivity index (χ0n) is 15.1. The van der Waals surface area contributed by atoms with Gasteiger partial charge < -0.3 is 10.1 Å². The number of halogens is 1. The Labute approximate surface area is 164 Å². The van der Waals surface area contributed by atoms with Gasteiger partial charge in [-0.1, -0.05) is 91.3 Å². The SMILES string of the molecule is CC[C@@H](Oc1ccccc1Cl)C(=O)NC(c1ccccc1)c1ccccc1. The number of hydrogen-bond acceptors (Lipinski definition) is 2. The molecule has 0 aromatic heterocycles. The van der Waals surface area contributed by atoms with E-state index in [0.29, 0.717) is 17.2 Å². The molecule has 0 bridgehead atoms. The largest absolute Gasteiger partial charge is 0.479 e. The van der Waals surface area contributed by atoms with Gasteiger partial charge in [0.05, 0.1) is 11.1 Å². The highest BCUT2D eigenvalue weighted by atomic mass is 35.5. The van der Waals surface area contributed by atoms with Crippen molar-refractivity contribution < 1.29 is 9.53 Å². The highest BCUT2D eigenvalue weighted by Gasteiger charge is 2.24. The summed E-state index contributed by atoms with van der Waals surface area (Å²) in [6.45, 7) is 1.92. The molecule has 0 aliphatic carbocycles. The van der Waals surface area contributed by atoms with Crippen molar-refractivity contribution in [2.45, 2.75) is 25.5 Å². The van der Waals surface area contributed by atoms with E-state index in [4.69, 9.17) is 16.3 Å². The van der Waals surface area contributed by atoms with Crippen LogP contribution in [0.15, 0.2) is 84.9 Å². The lowest BCUT2D eigenvalue weighted by molar-refractivity contribution is -0.128. The van der Waals surface area contributed by atoms with Crippen LogP contribution < -0.4 is 10.1 Å². The Morgan fingerprint density at radius 1 is 0.889 bits per heavy atom. The van der Waals surface area contributed by atoms with Gasteiger partial charge in [0, 0.05) is 0 Å². The summed E-state index contributed by atoms with van der Waals surface area (Å²) in [5.41, 5.74) is 2.04. The first-order valence-corrected chi connectivity index (χ1v) is 9.38. The van der Waals surface area contributed by atoms with Gasteiger partial charge in [-0.15, -0.1) is 0 Å². The van der Waals surface area contributed by atoms with Gasteiger partial charge in [0.25, 0.3) is 5.91 Å². The van der Waals surface area contributed by atoms with Crippen LogP contribution in [0, 0.1) is 0 Å². The highest BCUT2D eigenvalue weighted by Crippen LogP contribution is 2.26. The van der Waals surface area contributed by atoms with Gasteiger partial charge in [-0.05, 0) is 29.7 Å². The Morgan fingerprint density at radius 2 is 1.41 bits per heavy atom. The predicted octanol–water partition coefficient (Wildman–Crippen LogP) is 5.40. The van der Waals surface area contributed by atoms with E-state index in [2.05, 4.69) is 5.32 Å². The van der Waals surface area contributed by atoms with Crippen LogP contribution in [0.1, 0.15) is 30.5 Å². The number of carbonyl (C=O) groups excluding carboxylic acids is 1. The third-order valence-corrected chi connectivity index (χ3v) is 4.63. The van der Waals surface area contributed by atoms with Crippen LogP contribution in [0.2, 0.25) is 5.02 Å². The minimum absolute atomic E-state index is 0.171. The molecule has 0 heterocycles. The fourth-order valence-corrected chi connectivity index (χ4v) is 3.08. The number of para-hydroxylation sites is 1. The number of benzene rings is 3. The van der Waals surface area contributed by atoms with E-state index >= 15 is 0 Å². The predicted molar refractivity (Wildman–Crippen MR) is 109 cm³/mol. The summed E-state index contributed by atoms with van der Waals surface area (Å²) in [4.78, 5) is 13.0. The van der Waals surface area contributed by atoms with Crippen LogP contribution in [0.4, 0.5) is 0 Å². The summed E-state index contributed by atoms with van der Waals surface area (Å²) in [5, 5.41) is 3.63. The molecular weight excluding hydrogens is 358 g/mol. The molecule has 3 rings (SSSR count). The quantitative estimate of drug-likeness (QED) is 0.596. The summed E-state index contributed by atoms with van der Waals surface area (Å²) in [6, 6.07) is 26.8. The molecule has 27 heavy (non-hydrogen) atoms. The zero-order valence-corrected chi connectivity index (χ0v) is 15.9. The molecule has 0 saturated carbocycles. The molecule has 0 spiro atoms. The lowest BCUT2D eigenvalue weighted by Gasteiger charge is -2.24. The molecule has 0 aliphatic rings. The van der Waals surface area contributed by atoms with Gasteiger partial charge in [-0.3, -0.25) is 4.79 Å². The zero-order chi connectivity index (χ0) is 19.1. The van der Waals surface area contributed by atoms with Crippen LogP contribution in [-0.4, -0.2) is 12.0 Å². The van der Waals surface area contributed by atoms with Gasteiger partial charge in [0.2, 0.25) is 0 Å². The molecular formula is C23H22ClNO2. The molecule has 1 amide bonds. The van der Waals surface area contributed by atoms with E-state index in [0.717, 1.165) is 11.1 Å². The maximum atomic E-state index is 13.0. The Balaban J connectivity index is 1.82. The second-order valence-corrected chi connectivity index (χ2v) is 6.62. The van der Waals surface area contributed by atoms with Gasteiger partial charge >= 0.3 is 0 Å². The van der Waals surface area contributed by atoms with Gasteiger partial charge in [-0.2, -0.15) is 0 Å². The lowest BCUT2D eigenvalue weighted by Crippen LogP contribution is -2.40. The normalized spacial score (nSPS) is 11.8. The third kappa shape index (κ3) is 4.89. The molecule has 0 unspecified atom stereocenters. The number of carbonyl (C=O) groups is 1. The fraction of sp³-hybridized carbons (Fsp3) is 0.174. The molecule has 0 radical (unpaired) electrons. The van der Waals surface area contributed by atoms with Crippen molar-refractivity contribution in [2.75, 3.05) is 0 Å². The third-order valence-electron chi connectivity index (χ3n) is 4.32. The summed E-state index contributed by atoms with van der Waals surface area (Å²) in [7, 11) is 0. The van der Waals surface area contributed by atoms with Crippen LogP contribution in [0.25, 0.3) is 0 Å². The molecule has 3 aromatic carbocycles. The smallest absolute Gasteiger partial charge is 0.261 e. The number of nitrogens with one attached hydrogen (secondary N) is 1.